The highest BCUT2D eigenvalue weighted by atomic mass is 32.2. The van der Waals surface area contributed by atoms with Crippen molar-refractivity contribution in [1.29, 1.82) is 0 Å². The average molecular weight is 2050 g/mol. The van der Waals surface area contributed by atoms with Crippen LogP contribution in [-0.4, -0.2) is 175 Å². The summed E-state index contributed by atoms with van der Waals surface area (Å²) in [6.45, 7) is 21.3. The first-order chi connectivity index (χ1) is 69.7. The summed E-state index contributed by atoms with van der Waals surface area (Å²) in [5, 5.41) is 38.1. The Balaban J connectivity index is 0.000000214. The molecule has 0 radical (unpaired) electrons. The van der Waals surface area contributed by atoms with Crippen LogP contribution in [0.1, 0.15) is 179 Å². The SMILES string of the molecule is CC=Cc1ccc(Nc2nc(NCCCCCCCC)nc(Nc3ccccc3)n2)cc1S(=O)(=O)OC.CC=Cc1ccc(Nc2nc(NCCCOCCCC)nc(Nc3ccccc3)n2)cc1S(=O)(=O)OC.CCCCCCCCNc1nc(Nc2ccccc2)nc(Nc2ccc(C)c(S(=O)(=O)OC)c2)n1.CCCCOCCCNc1nc(Nc2ccccc2)nc(Nc2ccc(C)c(S(=O)(=O)OC)c2)n1. The third-order valence-corrected chi connectivity index (χ3v) is 26.6. The van der Waals surface area contributed by atoms with Crippen LogP contribution in [0, 0.1) is 13.8 Å². The topological polar surface area (TPSA) is 491 Å². The van der Waals surface area contributed by atoms with Crippen LogP contribution < -0.4 is 63.8 Å². The number of para-hydroxylation sites is 4. The summed E-state index contributed by atoms with van der Waals surface area (Å²) in [5.41, 5.74) is 7.52. The number of aryl methyl sites for hydroxylation is 2. The van der Waals surface area contributed by atoms with Crippen LogP contribution in [0.2, 0.25) is 0 Å². The quantitative estimate of drug-likeness (QED) is 0.0124. The van der Waals surface area contributed by atoms with Crippen molar-refractivity contribution in [3.05, 3.63) is 229 Å². The molecule has 0 aliphatic heterocycles. The summed E-state index contributed by atoms with van der Waals surface area (Å²) >= 11 is 0. The van der Waals surface area contributed by atoms with Gasteiger partial charge in [0.05, 0.1) is 38.2 Å². The minimum Gasteiger partial charge on any atom is -0.381 e. The lowest BCUT2D eigenvalue weighted by molar-refractivity contribution is 0.131. The molecular weight excluding hydrogens is 1910 g/mol. The van der Waals surface area contributed by atoms with Crippen LogP contribution in [0.3, 0.4) is 0 Å². The molecule has 0 amide bonds. The predicted octanol–water partition coefficient (Wildman–Crippen LogP) is 22.2. The van der Waals surface area contributed by atoms with E-state index in [4.69, 9.17) is 17.8 Å². The van der Waals surface area contributed by atoms with E-state index < -0.39 is 40.5 Å². The predicted molar refractivity (Wildman–Crippen MR) is 574 cm³/mol. The molecule has 144 heavy (non-hydrogen) atoms. The van der Waals surface area contributed by atoms with E-state index in [1.165, 1.54) is 75.6 Å². The van der Waals surface area contributed by atoms with E-state index in [-0.39, 0.29) is 43.4 Å². The van der Waals surface area contributed by atoms with Crippen molar-refractivity contribution in [3.63, 3.8) is 0 Å². The number of allylic oxidation sites excluding steroid dienone is 2. The summed E-state index contributed by atoms with van der Waals surface area (Å²) in [7, 11) is -11.0. The highest BCUT2D eigenvalue weighted by Gasteiger charge is 2.24. The standard InChI is InChI=1S/C27H36N6O3S.C26H34N6O4S.C25H34N6O3S.C24H32N6O4S/c1-4-6-7-8-9-13-19-28-25-31-26(29-22-15-11-10-12-16-22)33-27(32-25)30-23-18-17-21(14-5-2)24(20-23)37(34,35)36-3;1-4-6-17-36-18-10-16-27-24-30-25(28-21-12-8-7-9-13-21)32-26(31-24)29-22-15-14-20(11-5-2)23(19-22)37(33,34)35-3;1-4-5-6-7-8-12-17-26-23-29-24(27-20-13-10-9-11-14-20)31-25(30-23)28-21-16-15-19(2)22(18-21)35(32,33)34-3;1-4-5-15-34-16-9-14-25-22-28-23(26-19-10-7-6-8-11-19)30-24(29-22)27-20-13-12-18(2)21(17-20)35(31,32)33-3/h5,10-12,14-18,20H,4,6-9,13,19H2,1-3H3,(H3,28,29,30,31,32,33);5,7-9,11-15,19H,4,6,10,16-18H2,1-3H3,(H3,27,28,29,30,31,32);9-11,13-16,18H,4-8,12,17H2,1-3H3,(H3,26,27,28,29,30,31);6-8,10-13,17H,4-5,9,14-16H2,1-3H3,(H3,25,26,27,28,29,30). The van der Waals surface area contributed by atoms with E-state index in [0.717, 1.165) is 142 Å². The number of hydrogen-bond acceptors (Lipinski definition) is 38. The Kier molecular flexibility index (Phi) is 48.6. The number of unbranched alkanes of at least 4 members (excludes halogenated alkanes) is 12. The molecule has 4 aromatic heterocycles. The van der Waals surface area contributed by atoms with Crippen molar-refractivity contribution in [2.75, 3.05) is 145 Å². The normalized spacial score (nSPS) is 11.4. The van der Waals surface area contributed by atoms with Crippen LogP contribution in [0.25, 0.3) is 12.2 Å². The van der Waals surface area contributed by atoms with Gasteiger partial charge >= 0.3 is 0 Å². The molecule has 42 heteroatoms. The molecule has 12 rings (SSSR count). The lowest BCUT2D eigenvalue weighted by Gasteiger charge is -2.13. The van der Waals surface area contributed by atoms with Crippen molar-refractivity contribution < 1.29 is 59.9 Å². The lowest BCUT2D eigenvalue weighted by atomic mass is 10.1. The summed E-state index contributed by atoms with van der Waals surface area (Å²) in [4.78, 5) is 54.0. The first-order valence-corrected chi connectivity index (χ1v) is 53.8. The molecule has 0 atom stereocenters. The van der Waals surface area contributed by atoms with E-state index in [1.807, 2.05) is 135 Å². The largest absolute Gasteiger partial charge is 0.381 e. The lowest BCUT2D eigenvalue weighted by Crippen LogP contribution is -2.12. The first kappa shape index (κ1) is 114. The second-order valence-corrected chi connectivity index (χ2v) is 39.2. The minimum atomic E-state index is -3.93. The zero-order valence-electron chi connectivity index (χ0n) is 83.9. The van der Waals surface area contributed by atoms with Gasteiger partial charge in [0.15, 0.2) is 0 Å². The Labute approximate surface area is 847 Å². The average Bonchev–Trinajstić information content (AvgIpc) is 0.809. The highest BCUT2D eigenvalue weighted by molar-refractivity contribution is 7.87. The monoisotopic (exact) mass is 2050 g/mol. The van der Waals surface area contributed by atoms with Gasteiger partial charge in [0.25, 0.3) is 40.5 Å². The van der Waals surface area contributed by atoms with Gasteiger partial charge in [0.2, 0.25) is 71.4 Å². The Morgan fingerprint density at radius 1 is 0.243 bits per heavy atom. The number of benzene rings is 8. The van der Waals surface area contributed by atoms with Crippen molar-refractivity contribution >= 4 is 170 Å². The van der Waals surface area contributed by atoms with Crippen molar-refractivity contribution in [1.82, 2.24) is 59.8 Å². The third-order valence-electron chi connectivity index (χ3n) is 21.1. The van der Waals surface area contributed by atoms with E-state index in [0.29, 0.717) is 119 Å². The van der Waals surface area contributed by atoms with Gasteiger partial charge in [-0.1, -0.05) is 226 Å². The van der Waals surface area contributed by atoms with E-state index >= 15 is 0 Å². The van der Waals surface area contributed by atoms with Crippen LogP contribution in [0.5, 0.6) is 0 Å². The second-order valence-electron chi connectivity index (χ2n) is 32.5. The van der Waals surface area contributed by atoms with E-state index in [9.17, 15) is 33.7 Å². The summed E-state index contributed by atoms with van der Waals surface area (Å²) in [5.74, 6) is 4.09. The molecule has 0 aliphatic carbocycles. The van der Waals surface area contributed by atoms with Crippen LogP contribution in [0.15, 0.2) is 226 Å². The smallest absolute Gasteiger partial charge is 0.297 e. The highest BCUT2D eigenvalue weighted by Crippen LogP contribution is 2.32. The Hall–Kier alpha value is -13.6. The summed E-state index contributed by atoms with van der Waals surface area (Å²) in [6, 6.07) is 58.1. The molecule has 0 saturated carbocycles. The maximum Gasteiger partial charge on any atom is 0.297 e. The first-order valence-electron chi connectivity index (χ1n) is 48.2. The molecule has 0 saturated heterocycles. The van der Waals surface area contributed by atoms with Crippen molar-refractivity contribution in [3.8, 4) is 0 Å². The number of ether oxygens (including phenoxy) is 2. The van der Waals surface area contributed by atoms with Crippen LogP contribution >= 0.6 is 0 Å². The molecular formula is C102H136N24O14S4. The summed E-state index contributed by atoms with van der Waals surface area (Å²) < 4.78 is 129. The molecule has 0 aliphatic rings. The maximum atomic E-state index is 12.5. The fraction of sp³-hybridized carbons (Fsp3) is 0.373. The maximum absolute atomic E-state index is 12.5. The third kappa shape index (κ3) is 40.0. The van der Waals surface area contributed by atoms with Gasteiger partial charge in [0, 0.05) is 98.1 Å². The molecule has 0 spiro atoms. The van der Waals surface area contributed by atoms with E-state index in [2.05, 4.69) is 160 Å². The van der Waals surface area contributed by atoms with Gasteiger partial charge in [-0.25, -0.2) is 0 Å². The Morgan fingerprint density at radius 3 is 0.715 bits per heavy atom. The zero-order chi connectivity index (χ0) is 103. The number of aromatic nitrogens is 12. The summed E-state index contributed by atoms with van der Waals surface area (Å²) in [6.07, 6.45) is 27.2. The van der Waals surface area contributed by atoms with E-state index in [1.54, 1.807) is 86.7 Å². The Bertz CT molecular complexity index is 6080. The zero-order valence-corrected chi connectivity index (χ0v) is 87.2. The number of rotatable bonds is 58. The fourth-order valence-electron chi connectivity index (χ4n) is 13.6. The molecule has 12 aromatic rings. The van der Waals surface area contributed by atoms with Gasteiger partial charge in [-0.2, -0.15) is 93.5 Å². The molecule has 772 valence electrons. The van der Waals surface area contributed by atoms with Gasteiger partial charge in [-0.3, -0.25) is 16.7 Å². The second kappa shape index (κ2) is 61.4. The van der Waals surface area contributed by atoms with Gasteiger partial charge in [-0.05, 0) is 186 Å². The van der Waals surface area contributed by atoms with Gasteiger partial charge < -0.3 is 73.3 Å². The van der Waals surface area contributed by atoms with Crippen LogP contribution in [-0.2, 0) is 66.7 Å². The molecule has 0 fully saturated rings. The fourth-order valence-corrected chi connectivity index (χ4v) is 17.2. The molecule has 4 heterocycles. The number of anilines is 20. The van der Waals surface area contributed by atoms with Crippen LogP contribution in [0.4, 0.5) is 117 Å². The molecule has 38 nitrogen and oxygen atoms in total. The number of nitrogens with zero attached hydrogens (tertiary/aromatic N) is 12. The number of nitrogens with one attached hydrogen (secondary N) is 12. The molecule has 8 aromatic carbocycles. The molecule has 0 unspecified atom stereocenters. The van der Waals surface area contributed by atoms with Crippen molar-refractivity contribution in [2.24, 2.45) is 0 Å². The minimum absolute atomic E-state index is 0.0382. The van der Waals surface area contributed by atoms with Gasteiger partial charge in [0.1, 0.15) is 9.79 Å². The molecule has 12 N–H and O–H groups in total. The van der Waals surface area contributed by atoms with Gasteiger partial charge in [-0.15, -0.1) is 0 Å². The molecule has 0 bridgehead atoms. The Morgan fingerprint density at radius 2 is 0.458 bits per heavy atom. The number of hydrogen-bond donors (Lipinski definition) is 12. The van der Waals surface area contributed by atoms with Crippen molar-refractivity contribution in [2.45, 2.75) is 191 Å².